The smallest absolute Gasteiger partial charge is 0.321 e. The highest BCUT2D eigenvalue weighted by Crippen LogP contribution is 2.41. The number of likely N-dealkylation sites (tertiary alicyclic amines) is 1. The van der Waals surface area contributed by atoms with Gasteiger partial charge in [0.1, 0.15) is 0 Å². The molecule has 2 heterocycles. The predicted molar refractivity (Wildman–Crippen MR) is 108 cm³/mol. The monoisotopic (exact) mass is 407 g/mol. The van der Waals surface area contributed by atoms with Crippen LogP contribution in [0.1, 0.15) is 38.5 Å². The molecular weight excluding hydrogens is 378 g/mol. The Hall–Kier alpha value is -1.64. The van der Waals surface area contributed by atoms with Crippen LogP contribution in [0.4, 0.5) is 10.5 Å². The zero-order chi connectivity index (χ0) is 19.8. The number of sulfonamides is 1. The van der Waals surface area contributed by atoms with E-state index in [1.807, 2.05) is 35.2 Å². The summed E-state index contributed by atoms with van der Waals surface area (Å²) in [6.07, 6.45) is 6.22. The number of carbonyl (C=O) groups excluding carboxylic acids is 1. The van der Waals surface area contributed by atoms with E-state index in [9.17, 15) is 13.2 Å². The molecule has 8 heteroatoms. The van der Waals surface area contributed by atoms with E-state index in [1.54, 1.807) is 4.31 Å². The number of amides is 2. The molecule has 3 fully saturated rings. The number of benzene rings is 1. The van der Waals surface area contributed by atoms with Crippen molar-refractivity contribution in [3.05, 3.63) is 30.3 Å². The summed E-state index contributed by atoms with van der Waals surface area (Å²) >= 11 is 0. The van der Waals surface area contributed by atoms with Crippen LogP contribution in [0.25, 0.3) is 0 Å². The number of hydrogen-bond donors (Lipinski definition) is 1. The Morgan fingerprint density at radius 1 is 1.14 bits per heavy atom. The maximum atomic E-state index is 12.5. The Morgan fingerprint density at radius 2 is 1.82 bits per heavy atom. The van der Waals surface area contributed by atoms with Gasteiger partial charge < -0.3 is 15.0 Å². The number of piperidine rings is 1. The van der Waals surface area contributed by atoms with Gasteiger partial charge in [-0.15, -0.1) is 0 Å². The molecule has 2 amide bonds. The average Bonchev–Trinajstić information content (AvgIpc) is 3.47. The lowest BCUT2D eigenvalue weighted by atomic mass is 9.82. The van der Waals surface area contributed by atoms with Crippen molar-refractivity contribution in [3.8, 4) is 0 Å². The molecule has 7 nitrogen and oxygen atoms in total. The summed E-state index contributed by atoms with van der Waals surface area (Å²) in [5.74, 6) is 0. The van der Waals surface area contributed by atoms with E-state index < -0.39 is 10.0 Å². The molecule has 1 spiro atoms. The van der Waals surface area contributed by atoms with Crippen LogP contribution >= 0.6 is 0 Å². The molecular formula is C20H29N3O4S. The van der Waals surface area contributed by atoms with Gasteiger partial charge in [0.05, 0.1) is 11.9 Å². The number of ether oxygens (including phenoxy) is 1. The molecule has 1 aliphatic carbocycles. The molecule has 0 radical (unpaired) electrons. The van der Waals surface area contributed by atoms with E-state index >= 15 is 0 Å². The molecule has 154 valence electrons. The first-order valence-electron chi connectivity index (χ1n) is 10.1. The number of rotatable bonds is 4. The topological polar surface area (TPSA) is 79.0 Å². The maximum Gasteiger partial charge on any atom is 0.321 e. The fourth-order valence-corrected chi connectivity index (χ4v) is 6.05. The summed E-state index contributed by atoms with van der Waals surface area (Å²) in [6.45, 7) is 1.82. The number of carbonyl (C=O) groups is 1. The van der Waals surface area contributed by atoms with Crippen LogP contribution in [0.3, 0.4) is 0 Å². The van der Waals surface area contributed by atoms with Crippen molar-refractivity contribution < 1.29 is 17.9 Å². The Balaban J connectivity index is 1.37. The quantitative estimate of drug-likeness (QED) is 0.832. The van der Waals surface area contributed by atoms with Crippen molar-refractivity contribution in [3.63, 3.8) is 0 Å². The van der Waals surface area contributed by atoms with Gasteiger partial charge in [0.2, 0.25) is 10.0 Å². The van der Waals surface area contributed by atoms with E-state index in [4.69, 9.17) is 4.74 Å². The molecule has 1 unspecified atom stereocenters. The fourth-order valence-electron chi connectivity index (χ4n) is 4.58. The minimum Gasteiger partial charge on any atom is -0.375 e. The molecule has 1 aromatic carbocycles. The van der Waals surface area contributed by atoms with E-state index in [2.05, 4.69) is 5.32 Å². The number of urea groups is 1. The summed E-state index contributed by atoms with van der Waals surface area (Å²) in [5, 5.41) is 2.93. The Bertz CT molecular complexity index is 802. The van der Waals surface area contributed by atoms with Crippen LogP contribution in [0, 0.1) is 0 Å². The first kappa shape index (κ1) is 19.7. The minimum absolute atomic E-state index is 0.0148. The SMILES string of the molecule is CS(=O)(=O)N(C1CC1)C1CCOC2(CCN(C(=O)Nc3ccccc3)CC2)C1. The van der Waals surface area contributed by atoms with Gasteiger partial charge in [-0.25, -0.2) is 13.2 Å². The predicted octanol–water partition coefficient (Wildman–Crippen LogP) is 2.66. The van der Waals surface area contributed by atoms with Crippen molar-refractivity contribution in [1.82, 2.24) is 9.21 Å². The van der Waals surface area contributed by atoms with Crippen molar-refractivity contribution in [1.29, 1.82) is 0 Å². The summed E-state index contributed by atoms with van der Waals surface area (Å²) in [5.41, 5.74) is 0.472. The van der Waals surface area contributed by atoms with Gasteiger partial charge in [-0.05, 0) is 50.7 Å². The molecule has 4 rings (SSSR count). The highest BCUT2D eigenvalue weighted by atomic mass is 32.2. The number of nitrogens with one attached hydrogen (secondary N) is 1. The highest BCUT2D eigenvalue weighted by Gasteiger charge is 2.47. The minimum atomic E-state index is -3.21. The second-order valence-electron chi connectivity index (χ2n) is 8.29. The van der Waals surface area contributed by atoms with Crippen molar-refractivity contribution in [2.24, 2.45) is 0 Å². The molecule has 1 saturated carbocycles. The normalized spacial score (nSPS) is 25.1. The van der Waals surface area contributed by atoms with Crippen molar-refractivity contribution in [2.75, 3.05) is 31.3 Å². The Morgan fingerprint density at radius 3 is 2.43 bits per heavy atom. The van der Waals surface area contributed by atoms with Crippen LogP contribution in [0.2, 0.25) is 0 Å². The molecule has 0 aromatic heterocycles. The molecule has 28 heavy (non-hydrogen) atoms. The lowest BCUT2D eigenvalue weighted by Gasteiger charge is -2.48. The van der Waals surface area contributed by atoms with Crippen LogP contribution in [0.15, 0.2) is 30.3 Å². The van der Waals surface area contributed by atoms with Gasteiger partial charge in [-0.2, -0.15) is 4.31 Å². The molecule has 1 atom stereocenters. The van der Waals surface area contributed by atoms with Gasteiger partial charge in [-0.3, -0.25) is 0 Å². The third-order valence-electron chi connectivity index (χ3n) is 6.10. The van der Waals surface area contributed by atoms with Gasteiger partial charge in [-0.1, -0.05) is 18.2 Å². The number of nitrogens with zero attached hydrogens (tertiary/aromatic N) is 2. The van der Waals surface area contributed by atoms with Crippen LogP contribution in [-0.2, 0) is 14.8 Å². The van der Waals surface area contributed by atoms with Gasteiger partial charge in [0.15, 0.2) is 0 Å². The Kier molecular flexibility index (Phi) is 5.37. The zero-order valence-corrected chi connectivity index (χ0v) is 17.2. The third-order valence-corrected chi connectivity index (χ3v) is 7.47. The Labute approximate surface area is 167 Å². The van der Waals surface area contributed by atoms with E-state index in [1.165, 1.54) is 6.26 Å². The lowest BCUT2D eigenvalue weighted by Crippen LogP contribution is -2.56. The molecule has 1 N–H and O–H groups in total. The van der Waals surface area contributed by atoms with Crippen molar-refractivity contribution >= 4 is 21.7 Å². The lowest BCUT2D eigenvalue weighted by molar-refractivity contribution is -0.122. The van der Waals surface area contributed by atoms with E-state index in [0.717, 1.165) is 44.2 Å². The van der Waals surface area contributed by atoms with Crippen LogP contribution in [-0.4, -0.2) is 67.3 Å². The average molecular weight is 408 g/mol. The zero-order valence-electron chi connectivity index (χ0n) is 16.3. The number of anilines is 1. The maximum absolute atomic E-state index is 12.5. The number of para-hydroxylation sites is 1. The third kappa shape index (κ3) is 4.34. The molecule has 2 saturated heterocycles. The molecule has 0 bridgehead atoms. The molecule has 1 aromatic rings. The second-order valence-corrected chi connectivity index (χ2v) is 10.2. The molecule has 2 aliphatic heterocycles. The van der Waals surface area contributed by atoms with Gasteiger partial charge in [0, 0.05) is 37.5 Å². The standard InChI is InChI=1S/C20H29N3O4S/c1-28(25,26)23(17-7-8-17)18-9-14-27-20(15-18)10-12-22(13-11-20)19(24)21-16-5-3-2-4-6-16/h2-6,17-18H,7-15H2,1H3,(H,21,24). The summed E-state index contributed by atoms with van der Waals surface area (Å²) in [4.78, 5) is 14.3. The van der Waals surface area contributed by atoms with Gasteiger partial charge in [0.25, 0.3) is 0 Å². The van der Waals surface area contributed by atoms with E-state index in [0.29, 0.717) is 19.7 Å². The summed E-state index contributed by atoms with van der Waals surface area (Å²) < 4.78 is 32.6. The highest BCUT2D eigenvalue weighted by molar-refractivity contribution is 7.88. The van der Waals surface area contributed by atoms with Gasteiger partial charge >= 0.3 is 6.03 Å². The van der Waals surface area contributed by atoms with Crippen molar-refractivity contribution in [2.45, 2.75) is 56.2 Å². The van der Waals surface area contributed by atoms with E-state index in [-0.39, 0.29) is 23.7 Å². The summed E-state index contributed by atoms with van der Waals surface area (Å²) in [6, 6.07) is 9.54. The fraction of sp³-hybridized carbons (Fsp3) is 0.650. The first-order valence-corrected chi connectivity index (χ1v) is 11.9. The largest absolute Gasteiger partial charge is 0.375 e. The molecule has 3 aliphatic rings. The van der Waals surface area contributed by atoms with Crippen LogP contribution in [0.5, 0.6) is 0 Å². The first-order chi connectivity index (χ1) is 13.4. The number of hydrogen-bond acceptors (Lipinski definition) is 4. The van der Waals surface area contributed by atoms with Crippen LogP contribution < -0.4 is 5.32 Å². The second kappa shape index (κ2) is 7.65. The summed E-state index contributed by atoms with van der Waals surface area (Å²) in [7, 11) is -3.21.